The number of carboxylic acids is 1. The summed E-state index contributed by atoms with van der Waals surface area (Å²) in [5, 5.41) is 9.17. The minimum atomic E-state index is -0.666. The molecule has 2 unspecified atom stereocenters. The molecule has 0 aromatic carbocycles. The summed E-state index contributed by atoms with van der Waals surface area (Å²) in [6.45, 7) is 2.15. The van der Waals surface area contributed by atoms with Gasteiger partial charge in [-0.2, -0.15) is 11.8 Å². The first-order valence-electron chi connectivity index (χ1n) is 4.03. The molecular formula is C8H14O2S. The van der Waals surface area contributed by atoms with Gasteiger partial charge in [0.15, 0.2) is 0 Å². The van der Waals surface area contributed by atoms with Gasteiger partial charge < -0.3 is 5.11 Å². The van der Waals surface area contributed by atoms with Crippen LogP contribution < -0.4 is 0 Å². The van der Waals surface area contributed by atoms with Crippen LogP contribution in [-0.2, 0) is 4.79 Å². The molecule has 2 nitrogen and oxygen atoms in total. The number of hydrogen-bond donors (Lipinski definition) is 1. The maximum atomic E-state index is 10.2. The minimum Gasteiger partial charge on any atom is -0.481 e. The van der Waals surface area contributed by atoms with E-state index in [4.69, 9.17) is 5.11 Å². The van der Waals surface area contributed by atoms with Crippen molar-refractivity contribution in [1.82, 2.24) is 0 Å². The molecule has 11 heavy (non-hydrogen) atoms. The standard InChI is InChI=1S/C8H14O2S/c1-6(2-3-8(9)10)7-4-5-11-7/h6-7H,2-5H2,1H3,(H,9,10). The van der Waals surface area contributed by atoms with Crippen molar-refractivity contribution < 1.29 is 9.90 Å². The Kier molecular flexibility index (Phi) is 3.24. The summed E-state index contributed by atoms with van der Waals surface area (Å²) in [6, 6.07) is 0. The predicted molar refractivity (Wildman–Crippen MR) is 46.9 cm³/mol. The smallest absolute Gasteiger partial charge is 0.303 e. The monoisotopic (exact) mass is 174 g/mol. The van der Waals surface area contributed by atoms with Gasteiger partial charge in [0.2, 0.25) is 0 Å². The molecule has 0 radical (unpaired) electrons. The molecule has 0 aromatic heterocycles. The minimum absolute atomic E-state index is 0.332. The predicted octanol–water partition coefficient (Wildman–Crippen LogP) is 1.99. The highest BCUT2D eigenvalue weighted by Gasteiger charge is 2.24. The molecule has 1 rings (SSSR count). The van der Waals surface area contributed by atoms with E-state index in [1.807, 2.05) is 11.8 Å². The zero-order valence-corrected chi connectivity index (χ0v) is 7.56. The second-order valence-corrected chi connectivity index (χ2v) is 4.45. The van der Waals surface area contributed by atoms with E-state index in [0.717, 1.165) is 11.7 Å². The van der Waals surface area contributed by atoms with E-state index in [1.165, 1.54) is 12.2 Å². The molecule has 1 aliphatic rings. The number of rotatable bonds is 4. The summed E-state index contributed by atoms with van der Waals surface area (Å²) in [7, 11) is 0. The van der Waals surface area contributed by atoms with Crippen LogP contribution in [-0.4, -0.2) is 22.1 Å². The van der Waals surface area contributed by atoms with Gasteiger partial charge in [-0.3, -0.25) is 4.79 Å². The fourth-order valence-electron chi connectivity index (χ4n) is 1.24. The van der Waals surface area contributed by atoms with E-state index < -0.39 is 5.97 Å². The van der Waals surface area contributed by atoms with Crippen molar-refractivity contribution >= 4 is 17.7 Å². The summed E-state index contributed by atoms with van der Waals surface area (Å²) in [4.78, 5) is 10.2. The lowest BCUT2D eigenvalue weighted by Crippen LogP contribution is -2.24. The van der Waals surface area contributed by atoms with Gasteiger partial charge in [0, 0.05) is 11.7 Å². The molecule has 0 bridgehead atoms. The van der Waals surface area contributed by atoms with Crippen molar-refractivity contribution in [3.05, 3.63) is 0 Å². The normalized spacial score (nSPS) is 25.7. The lowest BCUT2D eigenvalue weighted by atomic mass is 9.99. The fraction of sp³-hybridized carbons (Fsp3) is 0.875. The van der Waals surface area contributed by atoms with Gasteiger partial charge in [-0.25, -0.2) is 0 Å². The molecule has 0 saturated carbocycles. The number of aliphatic carboxylic acids is 1. The Morgan fingerprint density at radius 2 is 2.45 bits per heavy atom. The Labute approximate surface area is 71.4 Å². The van der Waals surface area contributed by atoms with Crippen LogP contribution in [0.15, 0.2) is 0 Å². The van der Waals surface area contributed by atoms with Crippen LogP contribution >= 0.6 is 11.8 Å². The first-order chi connectivity index (χ1) is 5.20. The Bertz CT molecular complexity index is 143. The lowest BCUT2D eigenvalue weighted by molar-refractivity contribution is -0.137. The van der Waals surface area contributed by atoms with E-state index in [-0.39, 0.29) is 0 Å². The highest BCUT2D eigenvalue weighted by atomic mass is 32.2. The molecule has 64 valence electrons. The lowest BCUT2D eigenvalue weighted by Gasteiger charge is -2.30. The topological polar surface area (TPSA) is 37.3 Å². The average molecular weight is 174 g/mol. The summed E-state index contributed by atoms with van der Waals surface area (Å²) in [5.41, 5.74) is 0. The number of hydrogen-bond acceptors (Lipinski definition) is 2. The molecule has 1 fully saturated rings. The molecule has 3 heteroatoms. The largest absolute Gasteiger partial charge is 0.481 e. The summed E-state index contributed by atoms with van der Waals surface area (Å²) in [5.74, 6) is 1.19. The van der Waals surface area contributed by atoms with Crippen LogP contribution in [0.3, 0.4) is 0 Å². The van der Waals surface area contributed by atoms with Crippen molar-refractivity contribution in [3.8, 4) is 0 Å². The molecule has 0 amide bonds. The molecule has 1 aliphatic heterocycles. The third-order valence-corrected chi connectivity index (χ3v) is 3.78. The molecule has 0 aromatic rings. The number of carbonyl (C=O) groups is 1. The van der Waals surface area contributed by atoms with Gasteiger partial charge >= 0.3 is 5.97 Å². The van der Waals surface area contributed by atoms with Crippen LogP contribution in [0.1, 0.15) is 26.2 Å². The van der Waals surface area contributed by atoms with Crippen molar-refractivity contribution in [1.29, 1.82) is 0 Å². The summed E-state index contributed by atoms with van der Waals surface area (Å²) < 4.78 is 0. The Balaban J connectivity index is 2.09. The zero-order chi connectivity index (χ0) is 8.27. The van der Waals surface area contributed by atoms with Crippen LogP contribution in [0.2, 0.25) is 0 Å². The van der Waals surface area contributed by atoms with Crippen LogP contribution in [0, 0.1) is 5.92 Å². The molecule has 0 spiro atoms. The van der Waals surface area contributed by atoms with Gasteiger partial charge in [0.25, 0.3) is 0 Å². The summed E-state index contributed by atoms with van der Waals surface area (Å²) in [6.07, 6.45) is 2.46. The summed E-state index contributed by atoms with van der Waals surface area (Å²) >= 11 is 1.97. The van der Waals surface area contributed by atoms with Gasteiger partial charge in [-0.15, -0.1) is 0 Å². The quantitative estimate of drug-likeness (QED) is 0.708. The molecule has 1 N–H and O–H groups in total. The second-order valence-electron chi connectivity index (χ2n) is 3.11. The highest BCUT2D eigenvalue weighted by molar-refractivity contribution is 8.01. The van der Waals surface area contributed by atoms with Gasteiger partial charge in [-0.1, -0.05) is 6.92 Å². The zero-order valence-electron chi connectivity index (χ0n) is 6.75. The Hall–Kier alpha value is -0.180. The molecule has 1 heterocycles. The van der Waals surface area contributed by atoms with Gasteiger partial charge in [-0.05, 0) is 24.5 Å². The third kappa shape index (κ3) is 2.73. The van der Waals surface area contributed by atoms with E-state index in [2.05, 4.69) is 6.92 Å². The number of carboxylic acid groups (broad SMARTS) is 1. The van der Waals surface area contributed by atoms with E-state index in [9.17, 15) is 4.79 Å². The van der Waals surface area contributed by atoms with Gasteiger partial charge in [0.05, 0.1) is 0 Å². The number of thioether (sulfide) groups is 1. The first-order valence-corrected chi connectivity index (χ1v) is 5.08. The van der Waals surface area contributed by atoms with E-state index in [1.54, 1.807) is 0 Å². The molecule has 2 atom stereocenters. The van der Waals surface area contributed by atoms with Crippen LogP contribution in [0.5, 0.6) is 0 Å². The second kappa shape index (κ2) is 4.00. The van der Waals surface area contributed by atoms with Crippen molar-refractivity contribution in [2.45, 2.75) is 31.4 Å². The van der Waals surface area contributed by atoms with Crippen LogP contribution in [0.25, 0.3) is 0 Å². The Morgan fingerprint density at radius 3 is 2.82 bits per heavy atom. The van der Waals surface area contributed by atoms with Crippen molar-refractivity contribution in [2.75, 3.05) is 5.75 Å². The molecule has 1 saturated heterocycles. The Morgan fingerprint density at radius 1 is 1.82 bits per heavy atom. The maximum absolute atomic E-state index is 10.2. The molecule has 0 aliphatic carbocycles. The van der Waals surface area contributed by atoms with E-state index >= 15 is 0 Å². The van der Waals surface area contributed by atoms with Crippen LogP contribution in [0.4, 0.5) is 0 Å². The van der Waals surface area contributed by atoms with Crippen molar-refractivity contribution in [3.63, 3.8) is 0 Å². The highest BCUT2D eigenvalue weighted by Crippen LogP contribution is 2.35. The third-order valence-electron chi connectivity index (χ3n) is 2.18. The SMILES string of the molecule is CC(CCC(=O)O)C1CCS1. The average Bonchev–Trinajstić information content (AvgIpc) is 1.79. The maximum Gasteiger partial charge on any atom is 0.303 e. The molecular weight excluding hydrogens is 160 g/mol. The van der Waals surface area contributed by atoms with E-state index in [0.29, 0.717) is 12.3 Å². The van der Waals surface area contributed by atoms with Crippen molar-refractivity contribution in [2.24, 2.45) is 5.92 Å². The fourth-order valence-corrected chi connectivity index (χ4v) is 2.21. The van der Waals surface area contributed by atoms with Gasteiger partial charge in [0.1, 0.15) is 0 Å². The first kappa shape index (κ1) is 8.91.